The Kier molecular flexibility index (Phi) is 2.40. The van der Waals surface area contributed by atoms with E-state index >= 15 is 0 Å². The standard InChI is InChI=1S/C9H12ClN5/c1-3-7-8(11)9(14(2)13-7)15-5-6(10)4-12-15/h4-5H,3,11H2,1-2H3. The zero-order valence-corrected chi connectivity index (χ0v) is 9.36. The Balaban J connectivity index is 2.57. The first-order valence-corrected chi connectivity index (χ1v) is 5.03. The molecule has 0 bridgehead atoms. The highest BCUT2D eigenvalue weighted by molar-refractivity contribution is 6.30. The number of aromatic nitrogens is 4. The Hall–Kier alpha value is -1.49. The van der Waals surface area contributed by atoms with Crippen LogP contribution < -0.4 is 5.73 Å². The normalized spacial score (nSPS) is 10.9. The van der Waals surface area contributed by atoms with Crippen LogP contribution in [0.2, 0.25) is 5.02 Å². The molecule has 0 aliphatic heterocycles. The average Bonchev–Trinajstić information content (AvgIpc) is 2.71. The molecule has 2 aromatic rings. The van der Waals surface area contributed by atoms with E-state index in [1.165, 1.54) is 0 Å². The smallest absolute Gasteiger partial charge is 0.175 e. The molecule has 0 amide bonds. The summed E-state index contributed by atoms with van der Waals surface area (Å²) in [6.07, 6.45) is 4.07. The molecule has 0 unspecified atom stereocenters. The number of halogens is 1. The monoisotopic (exact) mass is 225 g/mol. The Morgan fingerprint density at radius 1 is 1.53 bits per heavy atom. The van der Waals surface area contributed by atoms with Crippen LogP contribution in [0, 0.1) is 0 Å². The second-order valence-electron chi connectivity index (χ2n) is 3.26. The maximum atomic E-state index is 5.97. The fourth-order valence-electron chi connectivity index (χ4n) is 1.54. The van der Waals surface area contributed by atoms with Crippen LogP contribution in [0.3, 0.4) is 0 Å². The van der Waals surface area contributed by atoms with Crippen LogP contribution >= 0.6 is 11.6 Å². The lowest BCUT2D eigenvalue weighted by Crippen LogP contribution is -2.05. The molecule has 0 aliphatic carbocycles. The van der Waals surface area contributed by atoms with E-state index in [9.17, 15) is 0 Å². The van der Waals surface area contributed by atoms with E-state index in [4.69, 9.17) is 17.3 Å². The van der Waals surface area contributed by atoms with Gasteiger partial charge in [0, 0.05) is 7.05 Å². The molecule has 0 radical (unpaired) electrons. The number of anilines is 1. The summed E-state index contributed by atoms with van der Waals surface area (Å²) in [5, 5.41) is 8.98. The van der Waals surface area contributed by atoms with Crippen LogP contribution in [0.15, 0.2) is 12.4 Å². The fraction of sp³-hybridized carbons (Fsp3) is 0.333. The van der Waals surface area contributed by atoms with Crippen LogP contribution in [-0.2, 0) is 13.5 Å². The summed E-state index contributed by atoms with van der Waals surface area (Å²) >= 11 is 5.80. The van der Waals surface area contributed by atoms with Crippen molar-refractivity contribution in [3.8, 4) is 5.82 Å². The third kappa shape index (κ3) is 1.59. The van der Waals surface area contributed by atoms with E-state index in [0.29, 0.717) is 10.7 Å². The summed E-state index contributed by atoms with van der Waals surface area (Å²) in [6, 6.07) is 0. The molecule has 0 fully saturated rings. The molecular formula is C9H12ClN5. The summed E-state index contributed by atoms with van der Waals surface area (Å²) in [5.41, 5.74) is 7.50. The minimum atomic E-state index is 0.577. The Bertz CT molecular complexity index is 485. The largest absolute Gasteiger partial charge is 0.394 e. The van der Waals surface area contributed by atoms with Crippen molar-refractivity contribution in [2.75, 3.05) is 5.73 Å². The molecule has 2 rings (SSSR count). The Morgan fingerprint density at radius 3 is 2.73 bits per heavy atom. The average molecular weight is 226 g/mol. The number of rotatable bonds is 2. The maximum Gasteiger partial charge on any atom is 0.175 e. The van der Waals surface area contributed by atoms with Crippen LogP contribution in [0.25, 0.3) is 5.82 Å². The molecule has 80 valence electrons. The lowest BCUT2D eigenvalue weighted by Gasteiger charge is -2.02. The lowest BCUT2D eigenvalue weighted by atomic mass is 10.3. The number of aryl methyl sites for hydroxylation is 2. The van der Waals surface area contributed by atoms with Crippen LogP contribution in [-0.4, -0.2) is 19.6 Å². The SMILES string of the molecule is CCc1nn(C)c(-n2cc(Cl)cn2)c1N. The molecule has 0 spiro atoms. The highest BCUT2D eigenvalue weighted by atomic mass is 35.5. The second-order valence-corrected chi connectivity index (χ2v) is 3.70. The van der Waals surface area contributed by atoms with E-state index in [1.807, 2.05) is 14.0 Å². The van der Waals surface area contributed by atoms with E-state index in [1.54, 1.807) is 21.8 Å². The van der Waals surface area contributed by atoms with E-state index in [0.717, 1.165) is 17.9 Å². The maximum absolute atomic E-state index is 5.97. The third-order valence-electron chi connectivity index (χ3n) is 2.23. The van der Waals surface area contributed by atoms with Gasteiger partial charge in [0.05, 0.1) is 23.1 Å². The zero-order valence-electron chi connectivity index (χ0n) is 8.61. The molecule has 0 aliphatic rings. The zero-order chi connectivity index (χ0) is 11.0. The Morgan fingerprint density at radius 2 is 2.27 bits per heavy atom. The first-order chi connectivity index (χ1) is 7.13. The van der Waals surface area contributed by atoms with Crippen LogP contribution in [0.1, 0.15) is 12.6 Å². The van der Waals surface area contributed by atoms with Gasteiger partial charge < -0.3 is 5.73 Å². The summed E-state index contributed by atoms with van der Waals surface area (Å²) in [5.74, 6) is 0.749. The first-order valence-electron chi connectivity index (χ1n) is 4.65. The molecule has 2 N–H and O–H groups in total. The first kappa shape index (κ1) is 10.0. The summed E-state index contributed by atoms with van der Waals surface area (Å²) < 4.78 is 3.33. The molecule has 2 aromatic heterocycles. The van der Waals surface area contributed by atoms with Crippen molar-refractivity contribution in [3.63, 3.8) is 0 Å². The van der Waals surface area contributed by atoms with Crippen molar-refractivity contribution in [1.29, 1.82) is 0 Å². The molecule has 0 atom stereocenters. The molecule has 2 heterocycles. The summed E-state index contributed by atoms with van der Waals surface area (Å²) in [6.45, 7) is 2.01. The lowest BCUT2D eigenvalue weighted by molar-refractivity contribution is 0.690. The number of nitrogens with two attached hydrogens (primary N) is 1. The number of hydrogen-bond acceptors (Lipinski definition) is 3. The number of hydrogen-bond donors (Lipinski definition) is 1. The minimum Gasteiger partial charge on any atom is -0.394 e. The predicted molar refractivity (Wildman–Crippen MR) is 59.1 cm³/mol. The van der Waals surface area contributed by atoms with E-state index in [-0.39, 0.29) is 0 Å². The van der Waals surface area contributed by atoms with Crippen molar-refractivity contribution in [2.45, 2.75) is 13.3 Å². The molecule has 5 nitrogen and oxygen atoms in total. The van der Waals surface area contributed by atoms with Gasteiger partial charge in [-0.2, -0.15) is 10.2 Å². The van der Waals surface area contributed by atoms with Crippen molar-refractivity contribution >= 4 is 17.3 Å². The van der Waals surface area contributed by atoms with Gasteiger partial charge in [0.1, 0.15) is 5.69 Å². The van der Waals surface area contributed by atoms with E-state index in [2.05, 4.69) is 10.2 Å². The van der Waals surface area contributed by atoms with Crippen molar-refractivity contribution in [1.82, 2.24) is 19.6 Å². The predicted octanol–water partition coefficient (Wildman–Crippen LogP) is 1.40. The molecule has 0 saturated carbocycles. The fourth-order valence-corrected chi connectivity index (χ4v) is 1.67. The van der Waals surface area contributed by atoms with Gasteiger partial charge in [-0.1, -0.05) is 18.5 Å². The third-order valence-corrected chi connectivity index (χ3v) is 2.43. The van der Waals surface area contributed by atoms with Crippen molar-refractivity contribution in [3.05, 3.63) is 23.1 Å². The Labute approximate surface area is 92.4 Å². The number of nitrogen functional groups attached to an aromatic ring is 1. The van der Waals surface area contributed by atoms with Crippen molar-refractivity contribution < 1.29 is 0 Å². The molecule has 0 saturated heterocycles. The van der Waals surface area contributed by atoms with Gasteiger partial charge in [-0.25, -0.2) is 9.36 Å². The van der Waals surface area contributed by atoms with Crippen LogP contribution in [0.4, 0.5) is 5.69 Å². The highest BCUT2D eigenvalue weighted by Gasteiger charge is 2.14. The molecule has 0 aromatic carbocycles. The van der Waals surface area contributed by atoms with Gasteiger partial charge in [-0.3, -0.25) is 0 Å². The topological polar surface area (TPSA) is 61.7 Å². The van der Waals surface area contributed by atoms with Gasteiger partial charge in [0.25, 0.3) is 0 Å². The van der Waals surface area contributed by atoms with Crippen LogP contribution in [0.5, 0.6) is 0 Å². The van der Waals surface area contributed by atoms with E-state index < -0.39 is 0 Å². The van der Waals surface area contributed by atoms with Gasteiger partial charge in [0.15, 0.2) is 5.82 Å². The number of nitrogens with zero attached hydrogens (tertiary/aromatic N) is 4. The quantitative estimate of drug-likeness (QED) is 0.841. The summed E-state index contributed by atoms with van der Waals surface area (Å²) in [4.78, 5) is 0. The van der Waals surface area contributed by atoms with Gasteiger partial charge in [-0.05, 0) is 6.42 Å². The van der Waals surface area contributed by atoms with Gasteiger partial charge in [0.2, 0.25) is 0 Å². The molecule has 6 heteroatoms. The van der Waals surface area contributed by atoms with Gasteiger partial charge >= 0.3 is 0 Å². The summed E-state index contributed by atoms with van der Waals surface area (Å²) in [7, 11) is 1.83. The molecule has 15 heavy (non-hydrogen) atoms. The molecular weight excluding hydrogens is 214 g/mol. The van der Waals surface area contributed by atoms with Crippen molar-refractivity contribution in [2.24, 2.45) is 7.05 Å². The minimum absolute atomic E-state index is 0.577. The van der Waals surface area contributed by atoms with Gasteiger partial charge in [-0.15, -0.1) is 0 Å². The highest BCUT2D eigenvalue weighted by Crippen LogP contribution is 2.21. The second kappa shape index (κ2) is 3.58.